The highest BCUT2D eigenvalue weighted by atomic mass is 16.5. The van der Waals surface area contributed by atoms with Gasteiger partial charge in [0.25, 0.3) is 0 Å². The number of oxazole rings is 1. The summed E-state index contributed by atoms with van der Waals surface area (Å²) < 4.78 is 11.1. The number of benzene rings is 1. The number of ether oxygens (including phenoxy) is 1. The van der Waals surface area contributed by atoms with Crippen molar-refractivity contribution in [2.75, 3.05) is 6.61 Å². The van der Waals surface area contributed by atoms with Gasteiger partial charge in [-0.1, -0.05) is 26.0 Å². The number of para-hydroxylation sites is 1. The van der Waals surface area contributed by atoms with Crippen molar-refractivity contribution in [3.05, 3.63) is 36.2 Å². The molecule has 0 aliphatic rings. The summed E-state index contributed by atoms with van der Waals surface area (Å²) in [5.41, 5.74) is 1.79. The molecule has 0 saturated carbocycles. The molecule has 1 aromatic carbocycles. The summed E-state index contributed by atoms with van der Waals surface area (Å²) in [6, 6.07) is 8.20. The molecule has 4 heteroatoms. The molecule has 4 nitrogen and oxygen atoms in total. The lowest BCUT2D eigenvalue weighted by molar-refractivity contribution is 0.340. The van der Waals surface area contributed by atoms with Crippen LogP contribution in [0.4, 0.5) is 0 Å². The summed E-state index contributed by atoms with van der Waals surface area (Å²) in [6.45, 7) is 7.50. The van der Waals surface area contributed by atoms with Crippen LogP contribution in [0.15, 0.2) is 34.9 Å². The molecule has 0 amide bonds. The van der Waals surface area contributed by atoms with E-state index in [1.807, 2.05) is 31.2 Å². The van der Waals surface area contributed by atoms with Gasteiger partial charge in [0.2, 0.25) is 5.89 Å². The smallest absolute Gasteiger partial charge is 0.229 e. The monoisotopic (exact) mass is 260 g/mol. The highest BCUT2D eigenvalue weighted by Crippen LogP contribution is 2.29. The van der Waals surface area contributed by atoms with Gasteiger partial charge in [0.1, 0.15) is 12.0 Å². The van der Waals surface area contributed by atoms with E-state index in [1.54, 1.807) is 6.26 Å². The van der Waals surface area contributed by atoms with E-state index in [1.165, 1.54) is 0 Å². The molecule has 0 bridgehead atoms. The Bertz CT molecular complexity index is 520. The average molecular weight is 260 g/mol. The van der Waals surface area contributed by atoms with Crippen molar-refractivity contribution >= 4 is 0 Å². The standard InChI is InChI=1S/C15H20N2O2/c1-4-18-14-8-6-5-7-13(14)15-17-12(10-19-15)9-16-11(2)3/h5-8,10-11,16H,4,9H2,1-3H3. The number of rotatable bonds is 6. The number of nitrogens with zero attached hydrogens (tertiary/aromatic N) is 1. The molecule has 0 saturated heterocycles. The van der Waals surface area contributed by atoms with E-state index < -0.39 is 0 Å². The van der Waals surface area contributed by atoms with E-state index in [0.717, 1.165) is 17.0 Å². The van der Waals surface area contributed by atoms with Crippen LogP contribution in [0.3, 0.4) is 0 Å². The number of hydrogen-bond acceptors (Lipinski definition) is 4. The minimum absolute atomic E-state index is 0.427. The van der Waals surface area contributed by atoms with Gasteiger partial charge >= 0.3 is 0 Å². The van der Waals surface area contributed by atoms with Crippen molar-refractivity contribution < 1.29 is 9.15 Å². The van der Waals surface area contributed by atoms with Gasteiger partial charge in [-0.15, -0.1) is 0 Å². The highest BCUT2D eigenvalue weighted by molar-refractivity contribution is 5.62. The third-order valence-electron chi connectivity index (χ3n) is 2.66. The molecule has 0 radical (unpaired) electrons. The van der Waals surface area contributed by atoms with Crippen LogP contribution in [0.1, 0.15) is 26.5 Å². The molecular weight excluding hydrogens is 240 g/mol. The van der Waals surface area contributed by atoms with Crippen LogP contribution in [0, 0.1) is 0 Å². The van der Waals surface area contributed by atoms with Crippen molar-refractivity contribution in [3.8, 4) is 17.2 Å². The molecule has 0 atom stereocenters. The Kier molecular flexibility index (Phi) is 4.58. The predicted molar refractivity (Wildman–Crippen MR) is 75.1 cm³/mol. The molecular formula is C15H20N2O2. The predicted octanol–water partition coefficient (Wildman–Crippen LogP) is 3.24. The molecule has 1 aromatic heterocycles. The quantitative estimate of drug-likeness (QED) is 0.866. The topological polar surface area (TPSA) is 47.3 Å². The number of hydrogen-bond donors (Lipinski definition) is 1. The zero-order chi connectivity index (χ0) is 13.7. The first kappa shape index (κ1) is 13.6. The van der Waals surface area contributed by atoms with Crippen LogP contribution in [-0.2, 0) is 6.54 Å². The molecule has 102 valence electrons. The van der Waals surface area contributed by atoms with Crippen molar-refractivity contribution in [1.82, 2.24) is 10.3 Å². The Morgan fingerprint density at radius 2 is 2.11 bits per heavy atom. The van der Waals surface area contributed by atoms with Crippen LogP contribution in [0.25, 0.3) is 11.5 Å². The van der Waals surface area contributed by atoms with Gasteiger partial charge in [0, 0.05) is 12.6 Å². The van der Waals surface area contributed by atoms with Crippen molar-refractivity contribution in [3.63, 3.8) is 0 Å². The van der Waals surface area contributed by atoms with Gasteiger partial charge in [-0.25, -0.2) is 4.98 Å². The third-order valence-corrected chi connectivity index (χ3v) is 2.66. The Balaban J connectivity index is 2.18. The first-order chi connectivity index (χ1) is 9.20. The molecule has 0 unspecified atom stereocenters. The summed E-state index contributed by atoms with van der Waals surface area (Å²) in [7, 11) is 0. The Labute approximate surface area is 113 Å². The van der Waals surface area contributed by atoms with Crippen LogP contribution in [0.2, 0.25) is 0 Å². The maximum absolute atomic E-state index is 5.58. The Hall–Kier alpha value is -1.81. The molecule has 2 rings (SSSR count). The second-order valence-corrected chi connectivity index (χ2v) is 4.61. The van der Waals surface area contributed by atoms with Gasteiger partial charge in [-0.05, 0) is 19.1 Å². The first-order valence-electron chi connectivity index (χ1n) is 6.60. The summed E-state index contributed by atoms with van der Waals surface area (Å²) >= 11 is 0. The van der Waals surface area contributed by atoms with Crippen molar-refractivity contribution in [2.24, 2.45) is 0 Å². The number of aromatic nitrogens is 1. The first-order valence-corrected chi connectivity index (χ1v) is 6.60. The lowest BCUT2D eigenvalue weighted by atomic mass is 10.2. The summed E-state index contributed by atoms with van der Waals surface area (Å²) in [5, 5.41) is 3.31. The maximum atomic E-state index is 5.58. The van der Waals surface area contributed by atoms with E-state index in [2.05, 4.69) is 24.1 Å². The lowest BCUT2D eigenvalue weighted by Crippen LogP contribution is -2.21. The van der Waals surface area contributed by atoms with Gasteiger partial charge in [-0.3, -0.25) is 0 Å². The zero-order valence-corrected chi connectivity index (χ0v) is 11.6. The normalized spacial score (nSPS) is 10.9. The van der Waals surface area contributed by atoms with E-state index in [0.29, 0.717) is 25.1 Å². The van der Waals surface area contributed by atoms with E-state index in [4.69, 9.17) is 9.15 Å². The van der Waals surface area contributed by atoms with Crippen LogP contribution in [-0.4, -0.2) is 17.6 Å². The summed E-state index contributed by atoms with van der Waals surface area (Å²) in [5.74, 6) is 1.40. The molecule has 0 aliphatic heterocycles. The van der Waals surface area contributed by atoms with Gasteiger partial charge in [0.15, 0.2) is 0 Å². The van der Waals surface area contributed by atoms with E-state index in [9.17, 15) is 0 Å². The van der Waals surface area contributed by atoms with Gasteiger partial charge in [0.05, 0.1) is 17.9 Å². The van der Waals surface area contributed by atoms with Crippen LogP contribution >= 0.6 is 0 Å². The van der Waals surface area contributed by atoms with Crippen molar-refractivity contribution in [2.45, 2.75) is 33.4 Å². The fourth-order valence-electron chi connectivity index (χ4n) is 1.75. The second kappa shape index (κ2) is 6.38. The average Bonchev–Trinajstić information content (AvgIpc) is 2.86. The minimum atomic E-state index is 0.427. The minimum Gasteiger partial charge on any atom is -0.493 e. The van der Waals surface area contributed by atoms with Crippen molar-refractivity contribution in [1.29, 1.82) is 0 Å². The van der Waals surface area contributed by atoms with Crippen LogP contribution < -0.4 is 10.1 Å². The van der Waals surface area contributed by atoms with E-state index in [-0.39, 0.29) is 0 Å². The fraction of sp³-hybridized carbons (Fsp3) is 0.400. The zero-order valence-electron chi connectivity index (χ0n) is 11.6. The van der Waals surface area contributed by atoms with Crippen LogP contribution in [0.5, 0.6) is 5.75 Å². The largest absolute Gasteiger partial charge is 0.493 e. The van der Waals surface area contributed by atoms with Gasteiger partial charge in [-0.2, -0.15) is 0 Å². The molecule has 0 aliphatic carbocycles. The number of nitrogens with one attached hydrogen (secondary N) is 1. The summed E-state index contributed by atoms with van der Waals surface area (Å²) in [6.07, 6.45) is 1.69. The fourth-order valence-corrected chi connectivity index (χ4v) is 1.75. The maximum Gasteiger partial charge on any atom is 0.229 e. The molecule has 1 N–H and O–H groups in total. The SMILES string of the molecule is CCOc1ccccc1-c1nc(CNC(C)C)co1. The molecule has 2 aromatic rings. The Morgan fingerprint density at radius 1 is 1.32 bits per heavy atom. The highest BCUT2D eigenvalue weighted by Gasteiger charge is 2.11. The Morgan fingerprint density at radius 3 is 2.84 bits per heavy atom. The molecule has 1 heterocycles. The van der Waals surface area contributed by atoms with E-state index >= 15 is 0 Å². The molecule has 0 fully saturated rings. The summed E-state index contributed by atoms with van der Waals surface area (Å²) in [4.78, 5) is 4.49. The third kappa shape index (κ3) is 3.58. The lowest BCUT2D eigenvalue weighted by Gasteiger charge is -2.06. The second-order valence-electron chi connectivity index (χ2n) is 4.61. The molecule has 19 heavy (non-hydrogen) atoms. The van der Waals surface area contributed by atoms with Gasteiger partial charge < -0.3 is 14.5 Å². The molecule has 0 spiro atoms.